The number of sulfonamides is 1. The third-order valence-corrected chi connectivity index (χ3v) is 6.57. The van der Waals surface area contributed by atoms with E-state index in [1.165, 1.54) is 18.4 Å². The van der Waals surface area contributed by atoms with Crippen LogP contribution in [0.25, 0.3) is 0 Å². The van der Waals surface area contributed by atoms with E-state index in [2.05, 4.69) is 14.4 Å². The van der Waals surface area contributed by atoms with Crippen LogP contribution in [0.5, 0.6) is 0 Å². The van der Waals surface area contributed by atoms with Crippen LogP contribution in [-0.4, -0.2) is 31.7 Å². The number of hydrogen-bond acceptors (Lipinski definition) is 6. The van der Waals surface area contributed by atoms with E-state index in [9.17, 15) is 13.2 Å². The first-order chi connectivity index (χ1) is 9.35. The van der Waals surface area contributed by atoms with Gasteiger partial charge in [0.25, 0.3) is 0 Å². The summed E-state index contributed by atoms with van der Waals surface area (Å²) in [7, 11) is -2.34. The third kappa shape index (κ3) is 2.95. The van der Waals surface area contributed by atoms with E-state index in [1.807, 2.05) is 13.8 Å². The predicted octanol–water partition coefficient (Wildman–Crippen LogP) is 1.84. The number of hydrogen-bond donors (Lipinski definition) is 1. The molecule has 6 nitrogen and oxygen atoms in total. The van der Waals surface area contributed by atoms with Crippen molar-refractivity contribution in [2.45, 2.75) is 38.4 Å². The van der Waals surface area contributed by atoms with E-state index in [0.29, 0.717) is 24.4 Å². The fraction of sp³-hybridized carbons (Fsp3) is 0.667. The summed E-state index contributed by atoms with van der Waals surface area (Å²) in [6, 6.07) is 0. The van der Waals surface area contributed by atoms with E-state index in [-0.39, 0.29) is 0 Å². The third-order valence-electron chi connectivity index (χ3n) is 3.61. The van der Waals surface area contributed by atoms with Crippen molar-refractivity contribution in [2.75, 3.05) is 11.8 Å². The van der Waals surface area contributed by atoms with Gasteiger partial charge in [-0.1, -0.05) is 6.42 Å². The molecule has 1 heterocycles. The first-order valence-corrected chi connectivity index (χ1v) is 8.75. The molecule has 1 aromatic rings. The highest BCUT2D eigenvalue weighted by Crippen LogP contribution is 2.33. The molecular formula is C12H18N2O4S2. The number of thiazole rings is 1. The zero-order valence-corrected chi connectivity index (χ0v) is 13.3. The highest BCUT2D eigenvalue weighted by atomic mass is 32.2. The number of nitrogens with one attached hydrogen (secondary N) is 1. The van der Waals surface area contributed by atoms with Gasteiger partial charge < -0.3 is 4.74 Å². The number of anilines is 1. The largest absolute Gasteiger partial charge is 0.469 e. The molecule has 0 bridgehead atoms. The highest BCUT2D eigenvalue weighted by molar-refractivity contribution is 7.93. The van der Waals surface area contributed by atoms with Crippen molar-refractivity contribution >= 4 is 32.5 Å². The summed E-state index contributed by atoms with van der Waals surface area (Å²) in [6.45, 7) is 3.72. The molecule has 2 unspecified atom stereocenters. The lowest BCUT2D eigenvalue weighted by Gasteiger charge is -2.17. The fourth-order valence-corrected chi connectivity index (χ4v) is 5.21. The fourth-order valence-electron chi connectivity index (χ4n) is 2.43. The predicted molar refractivity (Wildman–Crippen MR) is 77.3 cm³/mol. The number of rotatable bonds is 4. The van der Waals surface area contributed by atoms with E-state index >= 15 is 0 Å². The van der Waals surface area contributed by atoms with Gasteiger partial charge in [-0.15, -0.1) is 11.3 Å². The minimum Gasteiger partial charge on any atom is -0.469 e. The van der Waals surface area contributed by atoms with E-state index < -0.39 is 27.2 Å². The number of methoxy groups -OCH3 is 1. The molecule has 112 valence electrons. The summed E-state index contributed by atoms with van der Waals surface area (Å²) in [4.78, 5) is 16.8. The van der Waals surface area contributed by atoms with Crippen molar-refractivity contribution in [2.24, 2.45) is 5.92 Å². The van der Waals surface area contributed by atoms with E-state index in [1.54, 1.807) is 0 Å². The van der Waals surface area contributed by atoms with Gasteiger partial charge in [-0.2, -0.15) is 0 Å². The van der Waals surface area contributed by atoms with Gasteiger partial charge in [-0.3, -0.25) is 9.52 Å². The normalized spacial score (nSPS) is 22.8. The van der Waals surface area contributed by atoms with Crippen LogP contribution in [-0.2, 0) is 19.6 Å². The van der Waals surface area contributed by atoms with Crippen LogP contribution in [0.2, 0.25) is 0 Å². The number of aryl methyl sites for hydroxylation is 2. The van der Waals surface area contributed by atoms with Crippen molar-refractivity contribution in [1.82, 2.24) is 4.98 Å². The topological polar surface area (TPSA) is 85.4 Å². The Balaban J connectivity index is 2.19. The number of nitrogens with zero attached hydrogens (tertiary/aromatic N) is 1. The Bertz CT molecular complexity index is 589. The molecule has 8 heteroatoms. The summed E-state index contributed by atoms with van der Waals surface area (Å²) in [5, 5.41) is -0.380. The van der Waals surface area contributed by atoms with Crippen LogP contribution in [0.3, 0.4) is 0 Å². The van der Waals surface area contributed by atoms with Crippen molar-refractivity contribution < 1.29 is 17.9 Å². The molecule has 0 radical (unpaired) electrons. The zero-order valence-electron chi connectivity index (χ0n) is 11.7. The van der Waals surface area contributed by atoms with Gasteiger partial charge in [0.1, 0.15) is 0 Å². The van der Waals surface area contributed by atoms with Crippen molar-refractivity contribution in [3.63, 3.8) is 0 Å². The summed E-state index contributed by atoms with van der Waals surface area (Å²) in [5.41, 5.74) is 0.809. The van der Waals surface area contributed by atoms with E-state index in [0.717, 1.165) is 10.6 Å². The number of carbonyl (C=O) groups is 1. The lowest BCUT2D eigenvalue weighted by Crippen LogP contribution is -2.35. The number of ether oxygens (including phenoxy) is 1. The average Bonchev–Trinajstić information content (AvgIpc) is 2.96. The van der Waals surface area contributed by atoms with Gasteiger partial charge in [0, 0.05) is 4.88 Å². The Kier molecular flexibility index (Phi) is 4.33. The summed E-state index contributed by atoms with van der Waals surface area (Å²) >= 11 is 1.30. The van der Waals surface area contributed by atoms with Gasteiger partial charge in [0.15, 0.2) is 5.13 Å². The molecule has 1 aromatic heterocycles. The molecule has 0 spiro atoms. The van der Waals surface area contributed by atoms with Crippen LogP contribution in [0.4, 0.5) is 5.13 Å². The molecule has 0 amide bonds. The summed E-state index contributed by atoms with van der Waals surface area (Å²) in [6.07, 6.45) is 1.73. The Morgan fingerprint density at radius 1 is 1.40 bits per heavy atom. The monoisotopic (exact) mass is 318 g/mol. The second-order valence-electron chi connectivity index (χ2n) is 4.91. The molecular weight excluding hydrogens is 300 g/mol. The van der Waals surface area contributed by atoms with Crippen LogP contribution >= 0.6 is 11.3 Å². The van der Waals surface area contributed by atoms with Crippen molar-refractivity contribution in [3.8, 4) is 0 Å². The first-order valence-electron chi connectivity index (χ1n) is 6.38. The van der Waals surface area contributed by atoms with Gasteiger partial charge in [0.05, 0.1) is 24.0 Å². The van der Waals surface area contributed by atoms with Gasteiger partial charge >= 0.3 is 5.97 Å². The number of aromatic nitrogens is 1. The standard InChI is InChI=1S/C12H18N2O4S2/c1-7-8(2)19-12(13-7)14-20(16,17)10-6-4-5-9(10)11(15)18-3/h9-10H,4-6H2,1-3H3,(H,13,14). The maximum Gasteiger partial charge on any atom is 0.310 e. The van der Waals surface area contributed by atoms with Gasteiger partial charge in [0.2, 0.25) is 10.0 Å². The minimum atomic E-state index is -3.62. The molecule has 0 saturated heterocycles. The molecule has 1 aliphatic carbocycles. The van der Waals surface area contributed by atoms with Crippen LogP contribution in [0.1, 0.15) is 29.8 Å². The van der Waals surface area contributed by atoms with Crippen LogP contribution in [0, 0.1) is 19.8 Å². The molecule has 2 atom stereocenters. The zero-order chi connectivity index (χ0) is 14.9. The SMILES string of the molecule is COC(=O)C1CCCC1S(=O)(=O)Nc1nc(C)c(C)s1. The lowest BCUT2D eigenvalue weighted by molar-refractivity contribution is -0.145. The Labute approximate surface area is 122 Å². The summed E-state index contributed by atoms with van der Waals surface area (Å²) in [5.74, 6) is -1.04. The quantitative estimate of drug-likeness (QED) is 0.856. The highest BCUT2D eigenvalue weighted by Gasteiger charge is 2.42. The molecule has 1 aliphatic rings. The molecule has 1 fully saturated rings. The second kappa shape index (κ2) is 5.69. The van der Waals surface area contributed by atoms with Crippen molar-refractivity contribution in [3.05, 3.63) is 10.6 Å². The Morgan fingerprint density at radius 3 is 2.65 bits per heavy atom. The molecule has 20 heavy (non-hydrogen) atoms. The lowest BCUT2D eigenvalue weighted by atomic mass is 10.1. The van der Waals surface area contributed by atoms with Gasteiger partial charge in [-0.25, -0.2) is 13.4 Å². The van der Waals surface area contributed by atoms with Crippen LogP contribution < -0.4 is 4.72 Å². The summed E-state index contributed by atoms with van der Waals surface area (Å²) < 4.78 is 32.0. The average molecular weight is 318 g/mol. The molecule has 0 aromatic carbocycles. The Morgan fingerprint density at radius 2 is 2.10 bits per heavy atom. The first kappa shape index (κ1) is 15.2. The maximum absolute atomic E-state index is 12.4. The molecule has 1 N–H and O–H groups in total. The van der Waals surface area contributed by atoms with Crippen molar-refractivity contribution in [1.29, 1.82) is 0 Å². The van der Waals surface area contributed by atoms with Gasteiger partial charge in [-0.05, 0) is 26.7 Å². The van der Waals surface area contributed by atoms with Crippen LogP contribution in [0.15, 0.2) is 0 Å². The minimum absolute atomic E-state index is 0.357. The smallest absolute Gasteiger partial charge is 0.310 e. The molecule has 2 rings (SSSR count). The molecule has 0 aliphatic heterocycles. The number of carbonyl (C=O) groups excluding carboxylic acids is 1. The number of esters is 1. The maximum atomic E-state index is 12.4. The second-order valence-corrected chi connectivity index (χ2v) is 8.01. The van der Waals surface area contributed by atoms with E-state index in [4.69, 9.17) is 0 Å². The Hall–Kier alpha value is -1.15. The molecule has 1 saturated carbocycles.